The van der Waals surface area contributed by atoms with Crippen LogP contribution in [0.5, 0.6) is 0 Å². The van der Waals surface area contributed by atoms with Crippen molar-refractivity contribution in [2.24, 2.45) is 0 Å². The molecule has 21 heavy (non-hydrogen) atoms. The summed E-state index contributed by atoms with van der Waals surface area (Å²) < 4.78 is 1.93. The molecule has 0 N–H and O–H groups in total. The lowest BCUT2D eigenvalue weighted by Gasteiger charge is -2.32. The van der Waals surface area contributed by atoms with Crippen LogP contribution in [0.1, 0.15) is 44.1 Å². The van der Waals surface area contributed by atoms with Crippen molar-refractivity contribution < 1.29 is 0 Å². The first kappa shape index (κ1) is 13.9. The zero-order chi connectivity index (χ0) is 14.7. The van der Waals surface area contributed by atoms with Gasteiger partial charge in [0.25, 0.3) is 0 Å². The zero-order valence-corrected chi connectivity index (χ0v) is 12.6. The second-order valence-electron chi connectivity index (χ2n) is 5.33. The number of hydrogen-bond acceptors (Lipinski definition) is 6. The maximum absolute atomic E-state index is 4.71. The van der Waals surface area contributed by atoms with Crippen molar-refractivity contribution in [2.75, 3.05) is 18.0 Å². The number of piperidine rings is 1. The van der Waals surface area contributed by atoms with Gasteiger partial charge in [-0.2, -0.15) is 10.2 Å². The minimum atomic E-state index is 0.334. The van der Waals surface area contributed by atoms with E-state index in [1.54, 1.807) is 12.7 Å². The first-order valence-corrected chi connectivity index (χ1v) is 7.63. The Morgan fingerprint density at radius 3 is 2.76 bits per heavy atom. The molecular formula is C14H21N7. The van der Waals surface area contributed by atoms with Gasteiger partial charge in [0.1, 0.15) is 12.7 Å². The van der Waals surface area contributed by atoms with Crippen LogP contribution in [0.15, 0.2) is 12.7 Å². The van der Waals surface area contributed by atoms with Gasteiger partial charge >= 0.3 is 0 Å². The molecule has 2 aromatic heterocycles. The lowest BCUT2D eigenvalue weighted by Crippen LogP contribution is -2.38. The third-order valence-electron chi connectivity index (χ3n) is 3.99. The minimum Gasteiger partial charge on any atom is -0.337 e. The fraction of sp³-hybridized carbons (Fsp3) is 0.643. The van der Waals surface area contributed by atoms with Crippen LogP contribution >= 0.6 is 0 Å². The summed E-state index contributed by atoms with van der Waals surface area (Å²) in [6.07, 6.45) is 7.36. The van der Waals surface area contributed by atoms with Crippen molar-refractivity contribution in [3.05, 3.63) is 24.0 Å². The molecule has 2 aromatic rings. The van der Waals surface area contributed by atoms with E-state index in [0.717, 1.165) is 56.1 Å². The largest absolute Gasteiger partial charge is 0.337 e. The fourth-order valence-corrected chi connectivity index (χ4v) is 2.82. The molecule has 1 aliphatic heterocycles. The van der Waals surface area contributed by atoms with Crippen LogP contribution in [0.25, 0.3) is 0 Å². The molecule has 0 radical (unpaired) electrons. The molecule has 0 saturated carbocycles. The summed E-state index contributed by atoms with van der Waals surface area (Å²) in [4.78, 5) is 11.0. The van der Waals surface area contributed by atoms with E-state index in [2.05, 4.69) is 39.0 Å². The zero-order valence-electron chi connectivity index (χ0n) is 12.6. The summed E-state index contributed by atoms with van der Waals surface area (Å²) in [6, 6.07) is 0.334. The van der Waals surface area contributed by atoms with Gasteiger partial charge in [0.05, 0.1) is 17.4 Å². The number of aromatic nitrogens is 6. The van der Waals surface area contributed by atoms with Crippen LogP contribution in [0, 0.1) is 0 Å². The maximum Gasteiger partial charge on any atom is 0.245 e. The molecule has 7 heteroatoms. The van der Waals surface area contributed by atoms with Crippen molar-refractivity contribution in [3.8, 4) is 0 Å². The molecule has 0 aromatic carbocycles. The molecule has 0 aliphatic carbocycles. The van der Waals surface area contributed by atoms with Crippen molar-refractivity contribution in [3.63, 3.8) is 0 Å². The molecule has 1 unspecified atom stereocenters. The van der Waals surface area contributed by atoms with Gasteiger partial charge in [-0.25, -0.2) is 14.6 Å². The lowest BCUT2D eigenvalue weighted by molar-refractivity contribution is 0.371. The summed E-state index contributed by atoms with van der Waals surface area (Å²) in [5.74, 6) is 0.744. The number of aryl methyl sites for hydroxylation is 2. The molecule has 112 valence electrons. The number of rotatable bonds is 4. The molecule has 7 nitrogen and oxygen atoms in total. The van der Waals surface area contributed by atoms with Gasteiger partial charge in [0.2, 0.25) is 5.95 Å². The summed E-state index contributed by atoms with van der Waals surface area (Å²) >= 11 is 0. The van der Waals surface area contributed by atoms with Crippen molar-refractivity contribution in [1.29, 1.82) is 0 Å². The van der Waals surface area contributed by atoms with E-state index in [0.29, 0.717) is 6.04 Å². The van der Waals surface area contributed by atoms with Gasteiger partial charge in [0, 0.05) is 13.1 Å². The predicted molar refractivity (Wildman–Crippen MR) is 79.1 cm³/mol. The maximum atomic E-state index is 4.71. The SMILES string of the molecule is CCc1nnc(N2CCCC(n3cncn3)C2)nc1CC. The second-order valence-corrected chi connectivity index (χ2v) is 5.33. The molecule has 1 aliphatic rings. The second kappa shape index (κ2) is 6.15. The van der Waals surface area contributed by atoms with E-state index in [9.17, 15) is 0 Å². The normalized spacial score (nSPS) is 19.0. The average Bonchev–Trinajstić information content (AvgIpc) is 3.09. The van der Waals surface area contributed by atoms with E-state index in [1.807, 2.05) is 4.68 Å². The van der Waals surface area contributed by atoms with Crippen LogP contribution in [-0.4, -0.2) is 43.0 Å². The van der Waals surface area contributed by atoms with Gasteiger partial charge in [-0.05, 0) is 25.7 Å². The number of hydrogen-bond donors (Lipinski definition) is 0. The molecule has 1 fully saturated rings. The minimum absolute atomic E-state index is 0.334. The standard InChI is InChI=1S/C14H21N7/c1-3-12-13(4-2)18-19-14(17-12)20-7-5-6-11(8-20)21-10-15-9-16-21/h9-11H,3-8H2,1-2H3. The molecule has 0 amide bonds. The van der Waals surface area contributed by atoms with E-state index in [-0.39, 0.29) is 0 Å². The van der Waals surface area contributed by atoms with Gasteiger partial charge in [-0.3, -0.25) is 0 Å². The number of anilines is 1. The number of nitrogens with zero attached hydrogens (tertiary/aromatic N) is 7. The first-order valence-electron chi connectivity index (χ1n) is 7.63. The summed E-state index contributed by atoms with van der Waals surface area (Å²) in [7, 11) is 0. The summed E-state index contributed by atoms with van der Waals surface area (Å²) in [5, 5.41) is 12.9. The molecular weight excluding hydrogens is 266 g/mol. The molecule has 3 heterocycles. The average molecular weight is 287 g/mol. The quantitative estimate of drug-likeness (QED) is 0.847. The molecule has 1 atom stereocenters. The molecule has 1 saturated heterocycles. The first-order chi connectivity index (χ1) is 10.3. The molecule has 3 rings (SSSR count). The van der Waals surface area contributed by atoms with Crippen molar-refractivity contribution in [2.45, 2.75) is 45.6 Å². The Morgan fingerprint density at radius 1 is 1.19 bits per heavy atom. The Kier molecular flexibility index (Phi) is 4.08. The Balaban J connectivity index is 1.80. The van der Waals surface area contributed by atoms with E-state index in [4.69, 9.17) is 4.98 Å². The van der Waals surface area contributed by atoms with Crippen LogP contribution < -0.4 is 4.90 Å². The predicted octanol–water partition coefficient (Wildman–Crippen LogP) is 1.43. The Bertz CT molecular complexity index is 581. The third kappa shape index (κ3) is 2.86. The van der Waals surface area contributed by atoms with Crippen LogP contribution in [0.3, 0.4) is 0 Å². The van der Waals surface area contributed by atoms with E-state index in [1.165, 1.54) is 0 Å². The smallest absolute Gasteiger partial charge is 0.245 e. The van der Waals surface area contributed by atoms with Gasteiger partial charge in [0.15, 0.2) is 0 Å². The van der Waals surface area contributed by atoms with E-state index < -0.39 is 0 Å². The van der Waals surface area contributed by atoms with Crippen LogP contribution in [0.2, 0.25) is 0 Å². The third-order valence-corrected chi connectivity index (χ3v) is 3.99. The Hall–Kier alpha value is -2.05. The lowest BCUT2D eigenvalue weighted by atomic mass is 10.1. The molecule has 0 bridgehead atoms. The Labute approximate surface area is 124 Å². The van der Waals surface area contributed by atoms with Crippen LogP contribution in [0.4, 0.5) is 5.95 Å². The monoisotopic (exact) mass is 287 g/mol. The van der Waals surface area contributed by atoms with Gasteiger partial charge in [-0.15, -0.1) is 5.10 Å². The summed E-state index contributed by atoms with van der Waals surface area (Å²) in [6.45, 7) is 6.04. The highest BCUT2D eigenvalue weighted by Gasteiger charge is 2.24. The fourth-order valence-electron chi connectivity index (χ4n) is 2.82. The van der Waals surface area contributed by atoms with Gasteiger partial charge in [-0.1, -0.05) is 13.8 Å². The van der Waals surface area contributed by atoms with Crippen molar-refractivity contribution >= 4 is 5.95 Å². The van der Waals surface area contributed by atoms with E-state index >= 15 is 0 Å². The highest BCUT2D eigenvalue weighted by molar-refractivity contribution is 5.31. The Morgan fingerprint density at radius 2 is 2.05 bits per heavy atom. The van der Waals surface area contributed by atoms with Crippen LogP contribution in [-0.2, 0) is 12.8 Å². The summed E-state index contributed by atoms with van der Waals surface area (Å²) in [5.41, 5.74) is 2.07. The van der Waals surface area contributed by atoms with Crippen molar-refractivity contribution in [1.82, 2.24) is 29.9 Å². The highest BCUT2D eigenvalue weighted by atomic mass is 15.4. The highest BCUT2D eigenvalue weighted by Crippen LogP contribution is 2.23. The molecule has 0 spiro atoms. The topological polar surface area (TPSA) is 72.6 Å². The van der Waals surface area contributed by atoms with Gasteiger partial charge < -0.3 is 4.90 Å².